The van der Waals surface area contributed by atoms with Crippen LogP contribution in [0.5, 0.6) is 0 Å². The molecule has 0 atom stereocenters. The van der Waals surface area contributed by atoms with Crippen LogP contribution in [0.3, 0.4) is 0 Å². The third-order valence-electron chi connectivity index (χ3n) is 1.37. The summed E-state index contributed by atoms with van der Waals surface area (Å²) in [5.41, 5.74) is 0.338. The van der Waals surface area contributed by atoms with Crippen LogP contribution in [0.25, 0.3) is 0 Å². The fraction of sp³-hybridized carbons (Fsp3) is 0.600. The van der Waals surface area contributed by atoms with Gasteiger partial charge in [-0.3, -0.25) is 0 Å². The molecule has 0 saturated heterocycles. The van der Waals surface area contributed by atoms with Crippen LogP contribution in [0.15, 0.2) is 0 Å². The molecule has 0 amide bonds. The highest BCUT2D eigenvalue weighted by Gasteiger charge is 2.32. The molecule has 0 bridgehead atoms. The first-order valence-electron chi connectivity index (χ1n) is 3.53. The summed E-state index contributed by atoms with van der Waals surface area (Å²) in [4.78, 5) is -2.27. The minimum atomic E-state index is -2.27. The summed E-state index contributed by atoms with van der Waals surface area (Å²) in [5, 5.41) is 35.4. The van der Waals surface area contributed by atoms with Crippen LogP contribution in [0.2, 0.25) is 0 Å². The van der Waals surface area contributed by atoms with E-state index < -0.39 is 4.97 Å². The Balaban J connectivity index is 2.91. The summed E-state index contributed by atoms with van der Waals surface area (Å²) in [6.45, 7) is 1.90. The number of H-pyrrole nitrogens is 1. The maximum atomic E-state index is 8.71. The molecule has 12 heavy (non-hydrogen) atoms. The van der Waals surface area contributed by atoms with Crippen molar-refractivity contribution in [1.29, 1.82) is 0 Å². The lowest BCUT2D eigenvalue weighted by atomic mass is 10.2. The van der Waals surface area contributed by atoms with Gasteiger partial charge < -0.3 is 0 Å². The Kier molecular flexibility index (Phi) is 2.38. The predicted octanol–water partition coefficient (Wildman–Crippen LogP) is 0.232. The summed E-state index contributed by atoms with van der Waals surface area (Å²) >= 11 is 0. The molecular weight excluding hydrogens is 164 g/mol. The lowest BCUT2D eigenvalue weighted by molar-refractivity contribution is -0.455. The average Bonchev–Trinajstić information content (AvgIpc) is 2.34. The fourth-order valence-electron chi connectivity index (χ4n) is 0.892. The molecule has 4 N–H and O–H groups in total. The van der Waals surface area contributed by atoms with Gasteiger partial charge in [-0.1, -0.05) is 18.4 Å². The van der Waals surface area contributed by atoms with Gasteiger partial charge in [-0.15, -0.1) is 15.6 Å². The second kappa shape index (κ2) is 3.15. The lowest BCUT2D eigenvalue weighted by Crippen LogP contribution is -2.39. The van der Waals surface area contributed by atoms with Crippen LogP contribution in [-0.4, -0.2) is 31.0 Å². The van der Waals surface area contributed by atoms with Crippen LogP contribution < -0.4 is 4.97 Å². The molecule has 68 valence electrons. The van der Waals surface area contributed by atoms with E-state index >= 15 is 0 Å². The third-order valence-corrected chi connectivity index (χ3v) is 1.37. The first-order valence-corrected chi connectivity index (χ1v) is 3.53. The summed E-state index contributed by atoms with van der Waals surface area (Å²) in [6, 6.07) is 0. The lowest BCUT2D eigenvalue weighted by Gasteiger charge is -2.07. The summed E-state index contributed by atoms with van der Waals surface area (Å²) in [7, 11) is 0. The maximum Gasteiger partial charge on any atom is 0.372 e. The molecule has 1 heterocycles. The van der Waals surface area contributed by atoms with E-state index in [0.29, 0.717) is 12.1 Å². The van der Waals surface area contributed by atoms with Gasteiger partial charge in [0.2, 0.25) is 0 Å². The molecular formula is C5H11N4O3+. The average molecular weight is 175 g/mol. The molecule has 0 fully saturated rings. The highest BCUT2D eigenvalue weighted by atomic mass is 17.1. The zero-order valence-corrected chi connectivity index (χ0v) is 6.60. The number of nitrogens with one attached hydrogen (secondary N) is 1. The van der Waals surface area contributed by atoms with Gasteiger partial charge in [0.1, 0.15) is 4.97 Å². The van der Waals surface area contributed by atoms with Crippen molar-refractivity contribution in [3.05, 3.63) is 5.69 Å². The number of aromatic amines is 1. The number of nitrogens with zero attached hydrogens (tertiary/aromatic N) is 3. The Hall–Kier alpha value is -1.02. The zero-order valence-electron chi connectivity index (χ0n) is 6.60. The number of aryl methyl sites for hydroxylation is 1. The Morgan fingerprint density at radius 3 is 2.50 bits per heavy atom. The monoisotopic (exact) mass is 175 g/mol. The van der Waals surface area contributed by atoms with E-state index in [0.717, 1.165) is 6.42 Å². The minimum Gasteiger partial charge on any atom is -0.192 e. The van der Waals surface area contributed by atoms with Crippen LogP contribution in [0, 0.1) is 0 Å². The van der Waals surface area contributed by atoms with Crippen LogP contribution in [0.1, 0.15) is 19.0 Å². The summed E-state index contributed by atoms with van der Waals surface area (Å²) in [6.07, 6.45) is 1.30. The van der Waals surface area contributed by atoms with E-state index in [2.05, 4.69) is 15.4 Å². The van der Waals surface area contributed by atoms with Crippen molar-refractivity contribution in [1.82, 2.24) is 20.4 Å². The molecule has 0 unspecified atom stereocenters. The zero-order chi connectivity index (χ0) is 9.19. The smallest absolute Gasteiger partial charge is 0.192 e. The molecule has 7 nitrogen and oxygen atoms in total. The molecule has 1 rings (SSSR count). The van der Waals surface area contributed by atoms with E-state index in [1.54, 1.807) is 0 Å². The SMILES string of the molecule is CCCc1n[nH]nc1[N+](O)(O)O. The van der Waals surface area contributed by atoms with Crippen molar-refractivity contribution in [3.8, 4) is 0 Å². The first-order chi connectivity index (χ1) is 5.55. The van der Waals surface area contributed by atoms with Gasteiger partial charge in [0.15, 0.2) is 5.69 Å². The van der Waals surface area contributed by atoms with Crippen molar-refractivity contribution in [2.45, 2.75) is 19.8 Å². The number of hydrogen-bond donors (Lipinski definition) is 4. The Morgan fingerprint density at radius 1 is 1.33 bits per heavy atom. The molecule has 1 aromatic rings. The van der Waals surface area contributed by atoms with Crippen LogP contribution in [-0.2, 0) is 6.42 Å². The van der Waals surface area contributed by atoms with Gasteiger partial charge in [-0.2, -0.15) is 10.3 Å². The highest BCUT2D eigenvalue weighted by Crippen LogP contribution is 2.16. The maximum absolute atomic E-state index is 8.71. The fourth-order valence-corrected chi connectivity index (χ4v) is 0.892. The van der Waals surface area contributed by atoms with Gasteiger partial charge >= 0.3 is 5.82 Å². The van der Waals surface area contributed by atoms with Crippen molar-refractivity contribution in [3.63, 3.8) is 0 Å². The van der Waals surface area contributed by atoms with E-state index in [9.17, 15) is 0 Å². The molecule has 0 saturated carbocycles. The molecule has 0 aromatic carbocycles. The molecule has 0 aliphatic heterocycles. The van der Waals surface area contributed by atoms with Crippen molar-refractivity contribution in [2.75, 3.05) is 0 Å². The molecule has 0 radical (unpaired) electrons. The van der Waals surface area contributed by atoms with E-state index in [1.807, 2.05) is 6.92 Å². The van der Waals surface area contributed by atoms with Gasteiger partial charge in [0.25, 0.3) is 0 Å². The van der Waals surface area contributed by atoms with Crippen molar-refractivity contribution >= 4 is 5.82 Å². The van der Waals surface area contributed by atoms with Gasteiger partial charge in [-0.25, -0.2) is 0 Å². The van der Waals surface area contributed by atoms with Crippen LogP contribution >= 0.6 is 0 Å². The normalized spacial score (nSPS) is 12.0. The summed E-state index contributed by atoms with van der Waals surface area (Å²) in [5.74, 6) is -0.295. The van der Waals surface area contributed by atoms with Gasteiger partial charge in [-0.05, 0) is 6.42 Å². The third kappa shape index (κ3) is 1.77. The predicted molar refractivity (Wildman–Crippen MR) is 37.5 cm³/mol. The van der Waals surface area contributed by atoms with E-state index in [4.69, 9.17) is 15.6 Å². The largest absolute Gasteiger partial charge is 0.372 e. The molecule has 1 aromatic heterocycles. The van der Waals surface area contributed by atoms with Crippen molar-refractivity contribution < 1.29 is 15.6 Å². The molecule has 0 aliphatic rings. The first kappa shape index (κ1) is 9.07. The topological polar surface area (TPSA) is 102 Å². The molecule has 0 aliphatic carbocycles. The number of quaternary nitrogens is 1. The Labute approximate surface area is 68.3 Å². The second-order valence-electron chi connectivity index (χ2n) is 2.41. The van der Waals surface area contributed by atoms with Crippen LogP contribution in [0.4, 0.5) is 5.82 Å². The molecule has 0 spiro atoms. The highest BCUT2D eigenvalue weighted by molar-refractivity contribution is 5.31. The standard InChI is InChI=1S/C5H11N4O3/c1-2-3-4-5(7-8-6-4)9(10,11)12/h10-12H,2-3H2,1H3,(H,6,7,8)/q+1. The second-order valence-corrected chi connectivity index (χ2v) is 2.41. The number of rotatable bonds is 3. The molecule has 7 heteroatoms. The Bertz CT molecular complexity index is 253. The van der Waals surface area contributed by atoms with Gasteiger partial charge in [0, 0.05) is 0 Å². The number of hydrogen-bond acceptors (Lipinski definition) is 5. The van der Waals surface area contributed by atoms with Gasteiger partial charge in [0.05, 0.1) is 0 Å². The van der Waals surface area contributed by atoms with E-state index in [-0.39, 0.29) is 5.82 Å². The minimum absolute atomic E-state index is 0.295. The van der Waals surface area contributed by atoms with Crippen molar-refractivity contribution in [2.24, 2.45) is 0 Å². The summed E-state index contributed by atoms with van der Waals surface area (Å²) < 4.78 is 0. The number of aromatic nitrogens is 3. The quantitative estimate of drug-likeness (QED) is 0.389. The van der Waals surface area contributed by atoms with E-state index in [1.165, 1.54) is 0 Å². The Morgan fingerprint density at radius 2 is 2.00 bits per heavy atom.